The molecular weight excluding hydrogens is 254 g/mol. The summed E-state index contributed by atoms with van der Waals surface area (Å²) in [5, 5.41) is 32.2. The van der Waals surface area contributed by atoms with E-state index in [4.69, 9.17) is 10.4 Å². The standard InChI is InChI=1S/C10H5N5O4/c11-4-8-12-5-14(13-8)7-3-1-2-6(10(16)17)9(7)15(18)19/h1-3,5H,(H,16,17). The van der Waals surface area contributed by atoms with Crippen LogP contribution in [0, 0.1) is 21.4 Å². The van der Waals surface area contributed by atoms with Gasteiger partial charge in [0.05, 0.1) is 4.92 Å². The van der Waals surface area contributed by atoms with E-state index in [1.807, 2.05) is 0 Å². The second-order valence-electron chi connectivity index (χ2n) is 3.36. The van der Waals surface area contributed by atoms with Crippen molar-refractivity contribution in [3.8, 4) is 11.8 Å². The van der Waals surface area contributed by atoms with Gasteiger partial charge in [0.2, 0.25) is 0 Å². The first-order valence-corrected chi connectivity index (χ1v) is 4.87. The Hall–Kier alpha value is -3.28. The highest BCUT2D eigenvalue weighted by Gasteiger charge is 2.25. The van der Waals surface area contributed by atoms with Crippen LogP contribution in [0.15, 0.2) is 24.5 Å². The zero-order valence-electron chi connectivity index (χ0n) is 9.22. The number of benzene rings is 1. The summed E-state index contributed by atoms with van der Waals surface area (Å²) in [7, 11) is 0. The van der Waals surface area contributed by atoms with Crippen molar-refractivity contribution >= 4 is 11.7 Å². The molecule has 0 spiro atoms. The molecule has 0 aliphatic heterocycles. The number of nitriles is 1. The Bertz CT molecular complexity index is 715. The average molecular weight is 259 g/mol. The lowest BCUT2D eigenvalue weighted by molar-refractivity contribution is -0.385. The number of carboxylic acids is 1. The van der Waals surface area contributed by atoms with Crippen LogP contribution >= 0.6 is 0 Å². The van der Waals surface area contributed by atoms with Gasteiger partial charge in [-0.25, -0.2) is 14.5 Å². The van der Waals surface area contributed by atoms with Crippen molar-refractivity contribution in [3.05, 3.63) is 46.0 Å². The molecule has 0 amide bonds. The summed E-state index contributed by atoms with van der Waals surface area (Å²) in [6, 6.07) is 5.46. The fraction of sp³-hybridized carbons (Fsp3) is 0. The predicted octanol–water partition coefficient (Wildman–Crippen LogP) is 0.745. The number of aromatic nitrogens is 3. The third-order valence-electron chi connectivity index (χ3n) is 2.27. The molecule has 94 valence electrons. The second kappa shape index (κ2) is 4.53. The maximum absolute atomic E-state index is 11.0. The normalized spacial score (nSPS) is 9.84. The summed E-state index contributed by atoms with van der Waals surface area (Å²) in [5.41, 5.74) is -1.14. The highest BCUT2D eigenvalue weighted by molar-refractivity contribution is 5.94. The fourth-order valence-electron chi connectivity index (χ4n) is 1.51. The van der Waals surface area contributed by atoms with E-state index in [0.29, 0.717) is 0 Å². The lowest BCUT2D eigenvalue weighted by atomic mass is 10.1. The SMILES string of the molecule is N#Cc1ncn(-c2cccc(C(=O)O)c2[N+](=O)[O-])n1. The number of nitro benzene ring substituents is 1. The highest BCUT2D eigenvalue weighted by Crippen LogP contribution is 2.26. The number of carboxylic acid groups (broad SMARTS) is 1. The average Bonchev–Trinajstić information content (AvgIpc) is 2.86. The number of hydrogen-bond donors (Lipinski definition) is 1. The van der Waals surface area contributed by atoms with E-state index in [1.165, 1.54) is 12.1 Å². The minimum Gasteiger partial charge on any atom is -0.477 e. The van der Waals surface area contributed by atoms with E-state index in [9.17, 15) is 14.9 Å². The van der Waals surface area contributed by atoms with Crippen molar-refractivity contribution in [2.75, 3.05) is 0 Å². The summed E-state index contributed by atoms with van der Waals surface area (Å²) in [5.74, 6) is -1.59. The van der Waals surface area contributed by atoms with E-state index in [2.05, 4.69) is 10.1 Å². The number of carbonyl (C=O) groups is 1. The smallest absolute Gasteiger partial charge is 0.342 e. The van der Waals surface area contributed by atoms with Crippen LogP contribution in [0.3, 0.4) is 0 Å². The van der Waals surface area contributed by atoms with Crippen LogP contribution in [0.4, 0.5) is 5.69 Å². The summed E-state index contributed by atoms with van der Waals surface area (Å²) in [4.78, 5) is 24.8. The van der Waals surface area contributed by atoms with Gasteiger partial charge in [0.15, 0.2) is 0 Å². The molecule has 9 heteroatoms. The Morgan fingerprint density at radius 3 is 2.79 bits per heavy atom. The predicted molar refractivity (Wildman–Crippen MR) is 59.7 cm³/mol. The summed E-state index contributed by atoms with van der Waals surface area (Å²) in [6.07, 6.45) is 1.10. The van der Waals surface area contributed by atoms with Crippen LogP contribution in [-0.2, 0) is 0 Å². The Labute approximate surface area is 105 Å². The van der Waals surface area contributed by atoms with Crippen LogP contribution in [0.25, 0.3) is 5.69 Å². The molecule has 2 rings (SSSR count). The zero-order valence-corrected chi connectivity index (χ0v) is 9.22. The summed E-state index contributed by atoms with van der Waals surface area (Å²) in [6.45, 7) is 0. The van der Waals surface area contributed by atoms with Gasteiger partial charge in [-0.1, -0.05) is 6.07 Å². The topological polar surface area (TPSA) is 135 Å². The van der Waals surface area contributed by atoms with Gasteiger partial charge < -0.3 is 5.11 Å². The van der Waals surface area contributed by atoms with Crippen LogP contribution in [0.2, 0.25) is 0 Å². The third-order valence-corrected chi connectivity index (χ3v) is 2.27. The first kappa shape index (κ1) is 12.2. The zero-order chi connectivity index (χ0) is 14.0. The van der Waals surface area contributed by atoms with E-state index < -0.39 is 22.1 Å². The van der Waals surface area contributed by atoms with E-state index in [0.717, 1.165) is 17.1 Å². The quantitative estimate of drug-likeness (QED) is 0.634. The number of aromatic carboxylic acids is 1. The van der Waals surface area contributed by atoms with E-state index in [-0.39, 0.29) is 11.5 Å². The van der Waals surface area contributed by atoms with Gasteiger partial charge in [0.25, 0.3) is 5.82 Å². The molecule has 9 nitrogen and oxygen atoms in total. The highest BCUT2D eigenvalue weighted by atomic mass is 16.6. The molecule has 0 saturated heterocycles. The monoisotopic (exact) mass is 259 g/mol. The second-order valence-corrected chi connectivity index (χ2v) is 3.36. The first-order chi connectivity index (χ1) is 9.04. The molecule has 0 aliphatic carbocycles. The molecule has 0 fully saturated rings. The minimum atomic E-state index is -1.42. The summed E-state index contributed by atoms with van der Waals surface area (Å²) >= 11 is 0. The molecule has 0 radical (unpaired) electrons. The molecular formula is C10H5N5O4. The molecule has 0 atom stereocenters. The van der Waals surface area contributed by atoms with Gasteiger partial charge in [-0.2, -0.15) is 5.26 Å². The van der Waals surface area contributed by atoms with Gasteiger partial charge in [-0.3, -0.25) is 10.1 Å². The molecule has 1 heterocycles. The number of nitro groups is 1. The Morgan fingerprint density at radius 1 is 1.53 bits per heavy atom. The molecule has 1 N–H and O–H groups in total. The van der Waals surface area contributed by atoms with Gasteiger partial charge in [-0.05, 0) is 12.1 Å². The number of rotatable bonds is 3. The largest absolute Gasteiger partial charge is 0.477 e. The van der Waals surface area contributed by atoms with Crippen LogP contribution in [0.5, 0.6) is 0 Å². The third kappa shape index (κ3) is 2.09. The maximum Gasteiger partial charge on any atom is 0.342 e. The molecule has 19 heavy (non-hydrogen) atoms. The van der Waals surface area contributed by atoms with E-state index >= 15 is 0 Å². The summed E-state index contributed by atoms with van der Waals surface area (Å²) < 4.78 is 0.989. The Kier molecular flexibility index (Phi) is 2.91. The van der Waals surface area contributed by atoms with Crippen LogP contribution in [0.1, 0.15) is 16.2 Å². The lowest BCUT2D eigenvalue weighted by Crippen LogP contribution is -2.07. The fourth-order valence-corrected chi connectivity index (χ4v) is 1.51. The van der Waals surface area contributed by atoms with Crippen molar-refractivity contribution < 1.29 is 14.8 Å². The lowest BCUT2D eigenvalue weighted by Gasteiger charge is -2.04. The van der Waals surface area contributed by atoms with E-state index in [1.54, 1.807) is 6.07 Å². The van der Waals surface area contributed by atoms with Crippen molar-refractivity contribution in [1.82, 2.24) is 14.8 Å². The molecule has 0 bridgehead atoms. The first-order valence-electron chi connectivity index (χ1n) is 4.87. The maximum atomic E-state index is 11.0. The van der Waals surface area contributed by atoms with Crippen molar-refractivity contribution in [3.63, 3.8) is 0 Å². The molecule has 0 saturated carbocycles. The molecule has 1 aromatic heterocycles. The Morgan fingerprint density at radius 2 is 2.26 bits per heavy atom. The number of nitrogens with zero attached hydrogens (tertiary/aromatic N) is 5. The minimum absolute atomic E-state index is 0.0705. The van der Waals surface area contributed by atoms with Crippen molar-refractivity contribution in [2.24, 2.45) is 0 Å². The molecule has 1 aromatic carbocycles. The molecule has 0 aliphatic rings. The van der Waals surface area contributed by atoms with Crippen LogP contribution in [-0.4, -0.2) is 30.8 Å². The van der Waals surface area contributed by atoms with Crippen LogP contribution < -0.4 is 0 Å². The van der Waals surface area contributed by atoms with Gasteiger partial charge in [0, 0.05) is 0 Å². The van der Waals surface area contributed by atoms with Crippen molar-refractivity contribution in [2.45, 2.75) is 0 Å². The van der Waals surface area contributed by atoms with Gasteiger partial charge in [-0.15, -0.1) is 5.10 Å². The number of para-hydroxylation sites is 1. The molecule has 0 unspecified atom stereocenters. The van der Waals surface area contributed by atoms with Gasteiger partial charge in [0.1, 0.15) is 23.6 Å². The number of hydrogen-bond acceptors (Lipinski definition) is 6. The Balaban J connectivity index is 2.70. The van der Waals surface area contributed by atoms with Gasteiger partial charge >= 0.3 is 11.7 Å². The van der Waals surface area contributed by atoms with Crippen molar-refractivity contribution in [1.29, 1.82) is 5.26 Å². The molecule has 2 aromatic rings.